The molecule has 2 aliphatic rings. The minimum atomic E-state index is 0.724. The monoisotopic (exact) mass is 256 g/mol. The minimum absolute atomic E-state index is 0.724. The van der Waals surface area contributed by atoms with Crippen molar-refractivity contribution in [1.82, 2.24) is 19.9 Å². The quantitative estimate of drug-likeness (QED) is 0.732. The maximum atomic E-state index is 4.55. The van der Waals surface area contributed by atoms with Crippen molar-refractivity contribution in [3.05, 3.63) is 17.7 Å². The molecule has 6 nitrogen and oxygen atoms in total. The Morgan fingerprint density at radius 3 is 2.63 bits per heavy atom. The maximum Gasteiger partial charge on any atom is 0.226 e. The molecule has 0 saturated heterocycles. The highest BCUT2D eigenvalue weighted by Gasteiger charge is 2.15. The summed E-state index contributed by atoms with van der Waals surface area (Å²) in [4.78, 5) is 18.7. The number of nitrogens with one attached hydrogen (secondary N) is 2. The van der Waals surface area contributed by atoms with E-state index in [0.717, 1.165) is 39.9 Å². The number of rotatable bonds is 2. The molecule has 1 aliphatic heterocycles. The van der Waals surface area contributed by atoms with Crippen LogP contribution in [0.5, 0.6) is 0 Å². The van der Waals surface area contributed by atoms with Crippen LogP contribution >= 0.6 is 0 Å². The number of hydrogen-bond donors (Lipinski definition) is 2. The van der Waals surface area contributed by atoms with E-state index in [0.29, 0.717) is 0 Å². The highest BCUT2D eigenvalue weighted by atomic mass is 15.2. The van der Waals surface area contributed by atoms with E-state index in [-0.39, 0.29) is 0 Å². The van der Waals surface area contributed by atoms with Gasteiger partial charge in [0.1, 0.15) is 0 Å². The Balaban J connectivity index is 2.31. The van der Waals surface area contributed by atoms with Gasteiger partial charge in [-0.15, -0.1) is 0 Å². The number of aromatic amines is 1. The van der Waals surface area contributed by atoms with Crippen LogP contribution in [0, 0.1) is 6.92 Å². The number of nitrogens with zero attached hydrogens (tertiary/aromatic N) is 4. The second-order valence-electron chi connectivity index (χ2n) is 4.76. The lowest BCUT2D eigenvalue weighted by molar-refractivity contribution is 1.04. The summed E-state index contributed by atoms with van der Waals surface area (Å²) in [6.45, 7) is 2.04. The smallest absolute Gasteiger partial charge is 0.226 e. The lowest BCUT2D eigenvalue weighted by atomic mass is 10.2. The van der Waals surface area contributed by atoms with Crippen LogP contribution in [0.15, 0.2) is 12.1 Å². The Morgan fingerprint density at radius 2 is 1.95 bits per heavy atom. The van der Waals surface area contributed by atoms with Crippen LogP contribution in [0.1, 0.15) is 5.56 Å². The van der Waals surface area contributed by atoms with Crippen LogP contribution in [0.4, 0.5) is 11.9 Å². The van der Waals surface area contributed by atoms with E-state index >= 15 is 0 Å². The Labute approximate surface area is 111 Å². The second-order valence-corrected chi connectivity index (χ2v) is 4.76. The summed E-state index contributed by atoms with van der Waals surface area (Å²) in [6.07, 6.45) is 0. The van der Waals surface area contributed by atoms with E-state index in [1.807, 2.05) is 39.0 Å². The molecule has 0 amide bonds. The van der Waals surface area contributed by atoms with Gasteiger partial charge >= 0.3 is 0 Å². The summed E-state index contributed by atoms with van der Waals surface area (Å²) in [5, 5.41) is 3.01. The molecule has 2 N–H and O–H groups in total. The van der Waals surface area contributed by atoms with Crippen LogP contribution in [-0.2, 0) is 0 Å². The average molecular weight is 256 g/mol. The summed E-state index contributed by atoms with van der Waals surface area (Å²) >= 11 is 0. The van der Waals surface area contributed by atoms with Gasteiger partial charge in [-0.3, -0.25) is 0 Å². The Bertz CT molecular complexity index is 715. The molecule has 19 heavy (non-hydrogen) atoms. The van der Waals surface area contributed by atoms with Gasteiger partial charge in [0.2, 0.25) is 11.9 Å². The molecule has 1 aliphatic carbocycles. The molecule has 0 aromatic carbocycles. The molecule has 0 fully saturated rings. The van der Waals surface area contributed by atoms with E-state index in [9.17, 15) is 0 Å². The van der Waals surface area contributed by atoms with E-state index in [2.05, 4.69) is 31.3 Å². The van der Waals surface area contributed by atoms with Gasteiger partial charge in [-0.1, -0.05) is 0 Å². The zero-order valence-corrected chi connectivity index (χ0v) is 11.4. The molecule has 1 aromatic heterocycles. The van der Waals surface area contributed by atoms with Gasteiger partial charge in [-0.2, -0.15) is 0 Å². The highest BCUT2D eigenvalue weighted by molar-refractivity contribution is 5.83. The summed E-state index contributed by atoms with van der Waals surface area (Å²) in [6, 6.07) is 4.02. The van der Waals surface area contributed by atoms with Gasteiger partial charge in [0.15, 0.2) is 0 Å². The van der Waals surface area contributed by atoms with Gasteiger partial charge in [0.05, 0.1) is 22.4 Å². The summed E-state index contributed by atoms with van der Waals surface area (Å²) in [7, 11) is 5.71. The molecule has 2 heterocycles. The molecule has 0 unspecified atom stereocenters. The Hall–Kier alpha value is -2.37. The molecule has 0 atom stereocenters. The number of fused-ring (bicyclic) bond motifs is 2. The fraction of sp³-hybridized carbons (Fsp3) is 0.308. The van der Waals surface area contributed by atoms with Crippen LogP contribution in [-0.4, -0.2) is 41.1 Å². The van der Waals surface area contributed by atoms with Gasteiger partial charge in [-0.25, -0.2) is 15.0 Å². The van der Waals surface area contributed by atoms with Crippen molar-refractivity contribution in [2.24, 2.45) is 0 Å². The standard InChI is InChI=1S/C13H16N6/c1-7-5-8-9(16-12(14-2)15-8)6-10-11(7)18-13(17-10)19(3)4/h5-6H,1-4H3,(H2,14,15,16). The summed E-state index contributed by atoms with van der Waals surface area (Å²) in [5.74, 6) is 1.47. The lowest BCUT2D eigenvalue weighted by Crippen LogP contribution is -2.09. The van der Waals surface area contributed by atoms with Crippen LogP contribution in [0.2, 0.25) is 0 Å². The number of aromatic nitrogens is 4. The van der Waals surface area contributed by atoms with E-state index in [1.54, 1.807) is 0 Å². The predicted octanol–water partition coefficient (Wildman–Crippen LogP) is 1.87. The first-order chi connectivity index (χ1) is 9.08. The van der Waals surface area contributed by atoms with E-state index in [4.69, 9.17) is 0 Å². The first kappa shape index (κ1) is 11.7. The number of hydrogen-bond acceptors (Lipinski definition) is 5. The van der Waals surface area contributed by atoms with Gasteiger partial charge < -0.3 is 15.2 Å². The molecule has 98 valence electrons. The zero-order chi connectivity index (χ0) is 13.6. The lowest BCUT2D eigenvalue weighted by Gasteiger charge is -2.03. The number of imidazole rings is 2. The largest absolute Gasteiger partial charge is 0.359 e. The molecule has 0 spiro atoms. The van der Waals surface area contributed by atoms with Gasteiger partial charge in [-0.05, 0) is 24.6 Å². The topological polar surface area (TPSA) is 69.7 Å². The van der Waals surface area contributed by atoms with Crippen LogP contribution in [0.25, 0.3) is 22.4 Å². The van der Waals surface area contributed by atoms with Crippen molar-refractivity contribution in [3.63, 3.8) is 0 Å². The number of aryl methyl sites for hydroxylation is 1. The molecule has 6 heteroatoms. The number of H-pyrrole nitrogens is 1. The third kappa shape index (κ3) is 1.85. The molecule has 1 aromatic rings. The maximum absolute atomic E-state index is 4.55. The molecule has 0 radical (unpaired) electrons. The second kappa shape index (κ2) is 4.08. The highest BCUT2D eigenvalue weighted by Crippen LogP contribution is 2.28. The normalized spacial score (nSPS) is 11.2. The number of anilines is 2. The SMILES string of the molecule is CNc1nc2cc3nc(N(C)C)nc-3c(C)cc2[nH]1. The van der Waals surface area contributed by atoms with Crippen molar-refractivity contribution in [3.8, 4) is 11.4 Å². The van der Waals surface area contributed by atoms with Gasteiger partial charge in [0, 0.05) is 21.1 Å². The Kier molecular flexibility index (Phi) is 2.51. The van der Waals surface area contributed by atoms with E-state index < -0.39 is 0 Å². The van der Waals surface area contributed by atoms with Crippen LogP contribution in [0.3, 0.4) is 0 Å². The van der Waals surface area contributed by atoms with Crippen molar-refractivity contribution < 1.29 is 0 Å². The minimum Gasteiger partial charge on any atom is -0.359 e. The van der Waals surface area contributed by atoms with Crippen LogP contribution < -0.4 is 10.2 Å². The summed E-state index contributed by atoms with van der Waals surface area (Å²) in [5.41, 5.74) is 4.73. The van der Waals surface area contributed by atoms with Crippen molar-refractivity contribution in [2.75, 3.05) is 31.4 Å². The molecule has 3 rings (SSSR count). The van der Waals surface area contributed by atoms with E-state index in [1.165, 1.54) is 0 Å². The third-order valence-corrected chi connectivity index (χ3v) is 3.08. The molecular weight excluding hydrogens is 240 g/mol. The first-order valence-electron chi connectivity index (χ1n) is 6.11. The summed E-state index contributed by atoms with van der Waals surface area (Å²) < 4.78 is 0. The first-order valence-corrected chi connectivity index (χ1v) is 6.11. The zero-order valence-electron chi connectivity index (χ0n) is 11.4. The molecule has 0 saturated carbocycles. The fourth-order valence-electron chi connectivity index (χ4n) is 2.09. The predicted molar refractivity (Wildman–Crippen MR) is 76.9 cm³/mol. The van der Waals surface area contributed by atoms with Crippen molar-refractivity contribution in [1.29, 1.82) is 0 Å². The average Bonchev–Trinajstić information content (AvgIpc) is 2.92. The van der Waals surface area contributed by atoms with Crippen molar-refractivity contribution in [2.45, 2.75) is 6.92 Å². The third-order valence-electron chi connectivity index (χ3n) is 3.08. The van der Waals surface area contributed by atoms with Gasteiger partial charge in [0.25, 0.3) is 0 Å². The fourth-order valence-corrected chi connectivity index (χ4v) is 2.09. The van der Waals surface area contributed by atoms with Crippen molar-refractivity contribution >= 4 is 22.9 Å². The molecular formula is C13H16N6. The molecule has 0 bridgehead atoms. The Morgan fingerprint density at radius 1 is 1.16 bits per heavy atom.